The molecule has 0 saturated carbocycles. The summed E-state index contributed by atoms with van der Waals surface area (Å²) < 4.78 is 29.0. The molecule has 1 heterocycles. The minimum Gasteiger partial charge on any atom is -0.434 e. The largest absolute Gasteiger partial charge is 0.434 e. The molecule has 0 bridgehead atoms. The van der Waals surface area contributed by atoms with Crippen molar-refractivity contribution in [1.29, 1.82) is 0 Å². The highest BCUT2D eigenvalue weighted by Gasteiger charge is 2.21. The van der Waals surface area contributed by atoms with Gasteiger partial charge >= 0.3 is 6.61 Å². The molecule has 0 radical (unpaired) electrons. The van der Waals surface area contributed by atoms with Crippen LogP contribution < -0.4 is 10.1 Å². The van der Waals surface area contributed by atoms with E-state index in [4.69, 9.17) is 0 Å². The standard InChI is InChI=1S/C13H16F2N2O2/c14-13(15)19-11-5-2-1-4-10(11)12(18)17-8-3-6-16-7-9-17/h1-2,4-5,13,16H,3,6-9H2. The van der Waals surface area contributed by atoms with Crippen molar-refractivity contribution < 1.29 is 18.3 Å². The summed E-state index contributed by atoms with van der Waals surface area (Å²) in [7, 11) is 0. The Balaban J connectivity index is 2.17. The van der Waals surface area contributed by atoms with Gasteiger partial charge in [-0.1, -0.05) is 12.1 Å². The normalized spacial score (nSPS) is 16.3. The predicted octanol–water partition coefficient (Wildman–Crippen LogP) is 1.72. The molecular formula is C13H16F2N2O2. The maximum atomic E-state index is 12.3. The van der Waals surface area contributed by atoms with E-state index in [-0.39, 0.29) is 17.2 Å². The summed E-state index contributed by atoms with van der Waals surface area (Å²) in [5.74, 6) is -0.334. The van der Waals surface area contributed by atoms with Crippen molar-refractivity contribution in [3.05, 3.63) is 29.8 Å². The molecule has 4 nitrogen and oxygen atoms in total. The van der Waals surface area contributed by atoms with Gasteiger partial charge in [0.25, 0.3) is 5.91 Å². The van der Waals surface area contributed by atoms with E-state index in [0.29, 0.717) is 19.6 Å². The molecule has 1 aliphatic heterocycles. The van der Waals surface area contributed by atoms with Gasteiger partial charge in [0, 0.05) is 19.6 Å². The molecule has 1 aromatic carbocycles. The lowest BCUT2D eigenvalue weighted by atomic mass is 10.1. The Morgan fingerprint density at radius 2 is 2.05 bits per heavy atom. The molecule has 1 saturated heterocycles. The second-order valence-corrected chi connectivity index (χ2v) is 4.27. The molecule has 0 aromatic heterocycles. The third kappa shape index (κ3) is 3.64. The van der Waals surface area contributed by atoms with Crippen molar-refractivity contribution in [2.24, 2.45) is 0 Å². The monoisotopic (exact) mass is 270 g/mol. The fourth-order valence-corrected chi connectivity index (χ4v) is 2.06. The van der Waals surface area contributed by atoms with Crippen molar-refractivity contribution in [3.63, 3.8) is 0 Å². The first-order chi connectivity index (χ1) is 9.18. The van der Waals surface area contributed by atoms with Crippen LogP contribution in [0.1, 0.15) is 16.8 Å². The van der Waals surface area contributed by atoms with E-state index in [0.717, 1.165) is 13.0 Å². The molecule has 19 heavy (non-hydrogen) atoms. The molecule has 6 heteroatoms. The summed E-state index contributed by atoms with van der Waals surface area (Å²) in [4.78, 5) is 14.0. The average Bonchev–Trinajstić information content (AvgIpc) is 2.67. The number of hydrogen-bond acceptors (Lipinski definition) is 3. The number of benzene rings is 1. The van der Waals surface area contributed by atoms with Crippen molar-refractivity contribution in [2.75, 3.05) is 26.2 Å². The smallest absolute Gasteiger partial charge is 0.387 e. The van der Waals surface area contributed by atoms with E-state index in [1.807, 2.05) is 0 Å². The van der Waals surface area contributed by atoms with E-state index >= 15 is 0 Å². The average molecular weight is 270 g/mol. The zero-order valence-corrected chi connectivity index (χ0v) is 10.4. The molecular weight excluding hydrogens is 254 g/mol. The van der Waals surface area contributed by atoms with E-state index in [9.17, 15) is 13.6 Å². The predicted molar refractivity (Wildman–Crippen MR) is 66.5 cm³/mol. The van der Waals surface area contributed by atoms with Gasteiger partial charge in [-0.05, 0) is 25.1 Å². The van der Waals surface area contributed by atoms with Crippen LogP contribution in [0.15, 0.2) is 24.3 Å². The van der Waals surface area contributed by atoms with Crippen molar-refractivity contribution in [1.82, 2.24) is 10.2 Å². The van der Waals surface area contributed by atoms with E-state index in [1.54, 1.807) is 17.0 Å². The number of alkyl halides is 2. The lowest BCUT2D eigenvalue weighted by molar-refractivity contribution is -0.0502. The van der Waals surface area contributed by atoms with E-state index in [1.165, 1.54) is 12.1 Å². The number of hydrogen-bond donors (Lipinski definition) is 1. The fraction of sp³-hybridized carbons (Fsp3) is 0.462. The first-order valence-corrected chi connectivity index (χ1v) is 6.22. The maximum Gasteiger partial charge on any atom is 0.387 e. The third-order valence-electron chi connectivity index (χ3n) is 2.96. The van der Waals surface area contributed by atoms with Gasteiger partial charge in [0.15, 0.2) is 0 Å². The first kappa shape index (κ1) is 13.7. The van der Waals surface area contributed by atoms with Crippen LogP contribution in [0.25, 0.3) is 0 Å². The molecule has 1 fully saturated rings. The molecule has 0 unspecified atom stereocenters. The van der Waals surface area contributed by atoms with Gasteiger partial charge in [0.1, 0.15) is 5.75 Å². The second kappa shape index (κ2) is 6.47. The number of amides is 1. The van der Waals surface area contributed by atoms with Gasteiger partial charge in [-0.15, -0.1) is 0 Å². The maximum absolute atomic E-state index is 12.3. The number of halogens is 2. The minimum absolute atomic E-state index is 0.0697. The lowest BCUT2D eigenvalue weighted by Crippen LogP contribution is -2.34. The Hall–Kier alpha value is -1.69. The van der Waals surface area contributed by atoms with Gasteiger partial charge in [-0.3, -0.25) is 4.79 Å². The Morgan fingerprint density at radius 1 is 1.26 bits per heavy atom. The summed E-state index contributed by atoms with van der Waals surface area (Å²) in [6.45, 7) is -0.168. The van der Waals surface area contributed by atoms with Crippen LogP contribution in [0.5, 0.6) is 5.75 Å². The zero-order chi connectivity index (χ0) is 13.7. The highest BCUT2D eigenvalue weighted by molar-refractivity contribution is 5.97. The Bertz CT molecular complexity index is 432. The molecule has 1 aromatic rings. The van der Waals surface area contributed by atoms with E-state index < -0.39 is 6.61 Å². The number of nitrogens with zero attached hydrogens (tertiary/aromatic N) is 1. The number of carbonyl (C=O) groups excluding carboxylic acids is 1. The topological polar surface area (TPSA) is 41.6 Å². The Morgan fingerprint density at radius 3 is 2.84 bits per heavy atom. The van der Waals surface area contributed by atoms with Crippen molar-refractivity contribution in [3.8, 4) is 5.75 Å². The summed E-state index contributed by atoms with van der Waals surface area (Å²) in [5.41, 5.74) is 0.185. The summed E-state index contributed by atoms with van der Waals surface area (Å²) in [5, 5.41) is 3.19. The molecule has 104 valence electrons. The van der Waals surface area contributed by atoms with Crippen molar-refractivity contribution in [2.45, 2.75) is 13.0 Å². The summed E-state index contributed by atoms with van der Waals surface area (Å²) >= 11 is 0. The number of carbonyl (C=O) groups is 1. The zero-order valence-electron chi connectivity index (χ0n) is 10.4. The van der Waals surface area contributed by atoms with Gasteiger partial charge < -0.3 is 15.0 Å². The van der Waals surface area contributed by atoms with Gasteiger partial charge in [-0.2, -0.15) is 8.78 Å². The van der Waals surface area contributed by atoms with Crippen LogP contribution in [0, 0.1) is 0 Å². The Kier molecular flexibility index (Phi) is 4.68. The van der Waals surface area contributed by atoms with Crippen molar-refractivity contribution >= 4 is 5.91 Å². The van der Waals surface area contributed by atoms with Crippen LogP contribution in [-0.2, 0) is 0 Å². The minimum atomic E-state index is -2.93. The number of nitrogens with one attached hydrogen (secondary N) is 1. The molecule has 2 rings (SSSR count). The second-order valence-electron chi connectivity index (χ2n) is 4.27. The first-order valence-electron chi connectivity index (χ1n) is 6.22. The quantitative estimate of drug-likeness (QED) is 0.909. The highest BCUT2D eigenvalue weighted by Crippen LogP contribution is 2.22. The van der Waals surface area contributed by atoms with Gasteiger partial charge in [0.05, 0.1) is 5.56 Å². The highest BCUT2D eigenvalue weighted by atomic mass is 19.3. The number of rotatable bonds is 3. The Labute approximate surface area is 110 Å². The van der Waals surface area contributed by atoms with Gasteiger partial charge in [-0.25, -0.2) is 0 Å². The lowest BCUT2D eigenvalue weighted by Gasteiger charge is -2.21. The van der Waals surface area contributed by atoms with E-state index in [2.05, 4.69) is 10.1 Å². The van der Waals surface area contributed by atoms with Crippen LogP contribution in [0.3, 0.4) is 0 Å². The third-order valence-corrected chi connectivity index (χ3v) is 2.96. The molecule has 0 spiro atoms. The van der Waals surface area contributed by atoms with Crippen LogP contribution in [0.2, 0.25) is 0 Å². The van der Waals surface area contributed by atoms with Crippen LogP contribution in [0.4, 0.5) is 8.78 Å². The molecule has 1 amide bonds. The van der Waals surface area contributed by atoms with Crippen LogP contribution >= 0.6 is 0 Å². The SMILES string of the molecule is O=C(c1ccccc1OC(F)F)N1CCCNCC1. The molecule has 0 atom stereocenters. The molecule has 0 aliphatic carbocycles. The van der Waals surface area contributed by atoms with Crippen LogP contribution in [-0.4, -0.2) is 43.6 Å². The number of para-hydroxylation sites is 1. The summed E-state index contributed by atoms with van der Waals surface area (Å²) in [6.07, 6.45) is 0.851. The summed E-state index contributed by atoms with van der Waals surface area (Å²) in [6, 6.07) is 6.11. The van der Waals surface area contributed by atoms with Gasteiger partial charge in [0.2, 0.25) is 0 Å². The molecule has 1 aliphatic rings. The fourth-order valence-electron chi connectivity index (χ4n) is 2.06. The molecule has 1 N–H and O–H groups in total. The number of ether oxygens (including phenoxy) is 1.